The van der Waals surface area contributed by atoms with Gasteiger partial charge in [-0.15, -0.1) is 0 Å². The van der Waals surface area contributed by atoms with Crippen LogP contribution >= 0.6 is 23.2 Å². The Hall–Kier alpha value is -2.25. The number of nitro groups is 1. The molecule has 2 rings (SSSR count). The molecule has 9 heteroatoms. The van der Waals surface area contributed by atoms with Gasteiger partial charge in [-0.1, -0.05) is 23.2 Å². The van der Waals surface area contributed by atoms with E-state index in [1.165, 1.54) is 31.4 Å². The number of halogens is 2. The number of ether oxygens (including phenoxy) is 2. The molecule has 0 spiro atoms. The van der Waals surface area contributed by atoms with Crippen molar-refractivity contribution in [2.24, 2.45) is 0 Å². The van der Waals surface area contributed by atoms with Gasteiger partial charge in [-0.25, -0.2) is 0 Å². The highest BCUT2D eigenvalue weighted by Crippen LogP contribution is 2.37. The van der Waals surface area contributed by atoms with E-state index < -0.39 is 4.92 Å². The molecule has 1 aromatic heterocycles. The van der Waals surface area contributed by atoms with Gasteiger partial charge in [-0.3, -0.25) is 10.1 Å². The van der Waals surface area contributed by atoms with Crippen molar-refractivity contribution in [3.8, 4) is 17.4 Å². The molecule has 21 heavy (non-hydrogen) atoms. The van der Waals surface area contributed by atoms with Gasteiger partial charge in [0, 0.05) is 0 Å². The summed E-state index contributed by atoms with van der Waals surface area (Å²) in [6.45, 7) is 0. The number of nitrogen functional groups attached to an aromatic ring is 1. The molecule has 0 bridgehead atoms. The summed E-state index contributed by atoms with van der Waals surface area (Å²) >= 11 is 11.7. The predicted molar refractivity (Wildman–Crippen MR) is 78.4 cm³/mol. The molecular weight excluding hydrogens is 321 g/mol. The van der Waals surface area contributed by atoms with Crippen LogP contribution < -0.4 is 15.2 Å². The monoisotopic (exact) mass is 329 g/mol. The number of rotatable bonds is 4. The summed E-state index contributed by atoms with van der Waals surface area (Å²) in [6.07, 6.45) is 0. The van der Waals surface area contributed by atoms with Crippen LogP contribution in [-0.2, 0) is 0 Å². The predicted octanol–water partition coefficient (Wildman–Crippen LogP) is 3.68. The van der Waals surface area contributed by atoms with E-state index in [9.17, 15) is 10.1 Å². The van der Waals surface area contributed by atoms with E-state index in [4.69, 9.17) is 38.4 Å². The number of hydrogen-bond donors (Lipinski definition) is 1. The molecule has 0 aliphatic heterocycles. The largest absolute Gasteiger partial charge is 0.496 e. The van der Waals surface area contributed by atoms with Crippen LogP contribution in [-0.4, -0.2) is 17.0 Å². The van der Waals surface area contributed by atoms with E-state index in [2.05, 4.69) is 4.98 Å². The number of nitrogens with two attached hydrogens (primary N) is 1. The maximum atomic E-state index is 11.1. The molecule has 0 unspecified atom stereocenters. The smallest absolute Gasteiger partial charge is 0.315 e. The van der Waals surface area contributed by atoms with Crippen LogP contribution in [0.3, 0.4) is 0 Å². The fourth-order valence-electron chi connectivity index (χ4n) is 1.49. The van der Waals surface area contributed by atoms with Gasteiger partial charge in [-0.05, 0) is 18.2 Å². The van der Waals surface area contributed by atoms with Crippen molar-refractivity contribution >= 4 is 34.7 Å². The molecule has 7 nitrogen and oxygen atoms in total. The van der Waals surface area contributed by atoms with Gasteiger partial charge in [0.2, 0.25) is 11.6 Å². The Bertz CT molecular complexity index is 709. The second-order valence-corrected chi connectivity index (χ2v) is 4.65. The lowest BCUT2D eigenvalue weighted by Gasteiger charge is -2.09. The van der Waals surface area contributed by atoms with Crippen molar-refractivity contribution in [2.75, 3.05) is 12.8 Å². The van der Waals surface area contributed by atoms with Gasteiger partial charge in [0.25, 0.3) is 0 Å². The third-order valence-corrected chi connectivity index (χ3v) is 3.07. The number of aromatic nitrogens is 1. The van der Waals surface area contributed by atoms with Crippen LogP contribution in [0.4, 0.5) is 11.5 Å². The lowest BCUT2D eigenvalue weighted by Crippen LogP contribution is -1.98. The summed E-state index contributed by atoms with van der Waals surface area (Å²) in [6, 6.07) is 5.45. The fourth-order valence-corrected chi connectivity index (χ4v) is 1.89. The van der Waals surface area contributed by atoms with Crippen molar-refractivity contribution in [1.29, 1.82) is 0 Å². The average Bonchev–Trinajstić information content (AvgIpc) is 2.44. The first-order chi connectivity index (χ1) is 9.92. The van der Waals surface area contributed by atoms with Gasteiger partial charge in [0.15, 0.2) is 0 Å². The quantitative estimate of drug-likeness (QED) is 0.678. The Morgan fingerprint density at radius 3 is 2.62 bits per heavy atom. The van der Waals surface area contributed by atoms with Crippen LogP contribution in [0.15, 0.2) is 24.3 Å². The SMILES string of the molecule is COc1ccc(Oc2nc(N)c(Cl)cc2Cl)c([N+](=O)[O-])c1. The standard InChI is InChI=1S/C12H9Cl2N3O4/c1-20-6-2-3-10(9(4-6)17(18)19)21-12-8(14)5-7(13)11(15)16-12/h2-5H,1H3,(H2,15,16). The van der Waals surface area contributed by atoms with E-state index in [-0.39, 0.29) is 33.2 Å². The lowest BCUT2D eigenvalue weighted by atomic mass is 10.3. The first kappa shape index (κ1) is 15.1. The Labute approximate surface area is 129 Å². The number of nitrogens with zero attached hydrogens (tertiary/aromatic N) is 2. The van der Waals surface area contributed by atoms with E-state index in [1.54, 1.807) is 0 Å². The van der Waals surface area contributed by atoms with Crippen molar-refractivity contribution in [3.63, 3.8) is 0 Å². The zero-order valence-corrected chi connectivity index (χ0v) is 12.2. The van der Waals surface area contributed by atoms with Gasteiger partial charge in [0.05, 0.1) is 23.1 Å². The number of anilines is 1. The van der Waals surface area contributed by atoms with E-state index in [1.807, 2.05) is 0 Å². The molecule has 0 radical (unpaired) electrons. The number of methoxy groups -OCH3 is 1. The van der Waals surface area contributed by atoms with E-state index in [0.29, 0.717) is 5.75 Å². The highest BCUT2D eigenvalue weighted by Gasteiger charge is 2.19. The highest BCUT2D eigenvalue weighted by molar-refractivity contribution is 6.36. The summed E-state index contributed by atoms with van der Waals surface area (Å²) in [4.78, 5) is 14.3. The zero-order chi connectivity index (χ0) is 15.6. The fraction of sp³-hybridized carbons (Fsp3) is 0.0833. The van der Waals surface area contributed by atoms with Gasteiger partial charge < -0.3 is 15.2 Å². The third-order valence-electron chi connectivity index (χ3n) is 2.49. The van der Waals surface area contributed by atoms with Gasteiger partial charge in [-0.2, -0.15) is 4.98 Å². The molecule has 1 heterocycles. The van der Waals surface area contributed by atoms with Crippen molar-refractivity contribution in [1.82, 2.24) is 4.98 Å². The summed E-state index contributed by atoms with van der Waals surface area (Å²) < 4.78 is 10.3. The minimum Gasteiger partial charge on any atom is -0.496 e. The molecule has 0 saturated carbocycles. The molecule has 110 valence electrons. The minimum absolute atomic E-state index is 0.00670. The van der Waals surface area contributed by atoms with Gasteiger partial charge in [0.1, 0.15) is 16.6 Å². The Morgan fingerprint density at radius 1 is 1.29 bits per heavy atom. The van der Waals surface area contributed by atoms with Crippen LogP contribution in [0.5, 0.6) is 17.4 Å². The molecule has 0 aliphatic rings. The summed E-state index contributed by atoms with van der Waals surface area (Å²) in [5, 5.41) is 11.3. The number of nitro benzene ring substituents is 1. The summed E-state index contributed by atoms with van der Waals surface area (Å²) in [5.41, 5.74) is 5.26. The molecular formula is C12H9Cl2N3O4. The van der Waals surface area contributed by atoms with Crippen LogP contribution in [0, 0.1) is 10.1 Å². The maximum absolute atomic E-state index is 11.1. The molecule has 0 amide bonds. The molecule has 0 atom stereocenters. The van der Waals surface area contributed by atoms with Gasteiger partial charge >= 0.3 is 5.69 Å². The number of benzene rings is 1. The Morgan fingerprint density at radius 2 is 2.00 bits per heavy atom. The topological polar surface area (TPSA) is 101 Å². The third kappa shape index (κ3) is 3.26. The lowest BCUT2D eigenvalue weighted by molar-refractivity contribution is -0.385. The van der Waals surface area contributed by atoms with Crippen LogP contribution in [0.1, 0.15) is 0 Å². The number of hydrogen-bond acceptors (Lipinski definition) is 6. The Kier molecular flexibility index (Phi) is 4.35. The normalized spacial score (nSPS) is 10.2. The minimum atomic E-state index is -0.606. The van der Waals surface area contributed by atoms with E-state index >= 15 is 0 Å². The molecule has 2 aromatic rings. The Balaban J connectivity index is 2.44. The molecule has 0 saturated heterocycles. The molecule has 1 aromatic carbocycles. The van der Waals surface area contributed by atoms with Crippen LogP contribution in [0.2, 0.25) is 10.0 Å². The van der Waals surface area contributed by atoms with Crippen LogP contribution in [0.25, 0.3) is 0 Å². The maximum Gasteiger partial charge on any atom is 0.315 e. The summed E-state index contributed by atoms with van der Waals surface area (Å²) in [5.74, 6) is 0.208. The van der Waals surface area contributed by atoms with Crippen molar-refractivity contribution in [3.05, 3.63) is 44.4 Å². The molecule has 0 fully saturated rings. The first-order valence-corrected chi connectivity index (χ1v) is 6.29. The number of pyridine rings is 1. The second kappa shape index (κ2) is 6.02. The van der Waals surface area contributed by atoms with E-state index in [0.717, 1.165) is 0 Å². The first-order valence-electron chi connectivity index (χ1n) is 5.54. The summed E-state index contributed by atoms with van der Waals surface area (Å²) in [7, 11) is 1.40. The molecule has 0 aliphatic carbocycles. The van der Waals surface area contributed by atoms with Crippen molar-refractivity contribution in [2.45, 2.75) is 0 Å². The average molecular weight is 330 g/mol. The second-order valence-electron chi connectivity index (χ2n) is 3.84. The van der Waals surface area contributed by atoms with Crippen molar-refractivity contribution < 1.29 is 14.4 Å². The molecule has 2 N–H and O–H groups in total. The zero-order valence-electron chi connectivity index (χ0n) is 10.7. The highest BCUT2D eigenvalue weighted by atomic mass is 35.5.